The second-order valence-electron chi connectivity index (χ2n) is 5.83. The summed E-state index contributed by atoms with van der Waals surface area (Å²) < 4.78 is 0. The van der Waals surface area contributed by atoms with Crippen LogP contribution in [0, 0.1) is 0 Å². The Bertz CT molecular complexity index is 959. The highest BCUT2D eigenvalue weighted by Crippen LogP contribution is 2.24. The van der Waals surface area contributed by atoms with Crippen LogP contribution in [-0.2, 0) is 11.2 Å². The van der Waals surface area contributed by atoms with Gasteiger partial charge in [0.15, 0.2) is 6.04 Å². The van der Waals surface area contributed by atoms with Gasteiger partial charge in [0, 0.05) is 40.9 Å². The zero-order valence-electron chi connectivity index (χ0n) is 13.6. The molecule has 0 radical (unpaired) electrons. The molecule has 128 valence electrons. The highest BCUT2D eigenvalue weighted by Gasteiger charge is 2.20. The monoisotopic (exact) mass is 338 g/mol. The van der Waals surface area contributed by atoms with Crippen molar-refractivity contribution in [1.82, 2.24) is 4.98 Å². The lowest BCUT2D eigenvalue weighted by atomic mass is 10.0. The Morgan fingerprint density at radius 2 is 1.96 bits per heavy atom. The van der Waals surface area contributed by atoms with Crippen molar-refractivity contribution in [2.45, 2.75) is 19.4 Å². The molecule has 0 amide bonds. The summed E-state index contributed by atoms with van der Waals surface area (Å²) in [6, 6.07) is 10.8. The standard InChI is InChI=1S/C19H18N2O4/c1-11(14-7-6-13(22)9-18(14)23)21-17(19(24)25)8-12-10-20-16-5-3-2-4-15(12)16/h2-7,9-10,17,20,22-23H,8H2,1H3,(H,24,25). The average Bonchev–Trinajstić information content (AvgIpc) is 2.97. The van der Waals surface area contributed by atoms with Crippen LogP contribution in [0.25, 0.3) is 10.9 Å². The number of nitrogens with zero attached hydrogens (tertiary/aromatic N) is 1. The topological polar surface area (TPSA) is 106 Å². The first-order valence-electron chi connectivity index (χ1n) is 7.80. The smallest absolute Gasteiger partial charge is 0.328 e. The minimum atomic E-state index is -1.04. The van der Waals surface area contributed by atoms with E-state index in [2.05, 4.69) is 9.98 Å². The molecule has 0 aliphatic carbocycles. The Morgan fingerprint density at radius 1 is 1.20 bits per heavy atom. The average molecular weight is 338 g/mol. The number of carboxylic acid groups (broad SMARTS) is 1. The number of para-hydroxylation sites is 1. The van der Waals surface area contributed by atoms with Crippen molar-refractivity contribution < 1.29 is 20.1 Å². The van der Waals surface area contributed by atoms with Crippen LogP contribution in [0.1, 0.15) is 18.1 Å². The van der Waals surface area contributed by atoms with Gasteiger partial charge in [-0.05, 0) is 30.7 Å². The quantitative estimate of drug-likeness (QED) is 0.536. The fraction of sp³-hybridized carbons (Fsp3) is 0.158. The lowest BCUT2D eigenvalue weighted by Gasteiger charge is -2.10. The van der Waals surface area contributed by atoms with Crippen molar-refractivity contribution in [1.29, 1.82) is 0 Å². The summed E-state index contributed by atoms with van der Waals surface area (Å²) in [4.78, 5) is 19.1. The van der Waals surface area contributed by atoms with Gasteiger partial charge in [-0.2, -0.15) is 0 Å². The molecule has 1 heterocycles. The predicted molar refractivity (Wildman–Crippen MR) is 95.4 cm³/mol. The molecule has 3 aromatic rings. The molecule has 1 aromatic heterocycles. The van der Waals surface area contributed by atoms with E-state index in [1.165, 1.54) is 18.2 Å². The van der Waals surface area contributed by atoms with Gasteiger partial charge in [0.25, 0.3) is 0 Å². The minimum absolute atomic E-state index is 0.0670. The number of carboxylic acids is 1. The summed E-state index contributed by atoms with van der Waals surface area (Å²) in [7, 11) is 0. The van der Waals surface area contributed by atoms with Crippen LogP contribution in [0.2, 0.25) is 0 Å². The number of carbonyl (C=O) groups is 1. The molecule has 2 aromatic carbocycles. The van der Waals surface area contributed by atoms with Crippen LogP contribution in [0.5, 0.6) is 11.5 Å². The highest BCUT2D eigenvalue weighted by atomic mass is 16.4. The molecule has 0 spiro atoms. The van der Waals surface area contributed by atoms with E-state index in [9.17, 15) is 20.1 Å². The van der Waals surface area contributed by atoms with E-state index in [0.717, 1.165) is 16.5 Å². The SMILES string of the molecule is CC(=NC(Cc1c[nH]c2ccccc12)C(=O)O)c1ccc(O)cc1O. The number of aromatic nitrogens is 1. The summed E-state index contributed by atoms with van der Waals surface area (Å²) in [5.41, 5.74) is 2.60. The number of phenols is 2. The summed E-state index contributed by atoms with van der Waals surface area (Å²) in [6.45, 7) is 1.64. The van der Waals surface area contributed by atoms with Crippen LogP contribution < -0.4 is 0 Å². The summed E-state index contributed by atoms with van der Waals surface area (Å²) in [6.07, 6.45) is 2.03. The number of aromatic amines is 1. The van der Waals surface area contributed by atoms with Crippen LogP contribution >= 0.6 is 0 Å². The van der Waals surface area contributed by atoms with Gasteiger partial charge < -0.3 is 20.3 Å². The maximum Gasteiger partial charge on any atom is 0.328 e. The molecule has 0 saturated carbocycles. The fourth-order valence-electron chi connectivity index (χ4n) is 2.83. The molecule has 0 aliphatic rings. The van der Waals surface area contributed by atoms with Gasteiger partial charge >= 0.3 is 5.97 Å². The van der Waals surface area contributed by atoms with E-state index >= 15 is 0 Å². The third-order valence-electron chi connectivity index (χ3n) is 4.09. The molecule has 6 heteroatoms. The van der Waals surface area contributed by atoms with Crippen LogP contribution in [-0.4, -0.2) is 38.0 Å². The predicted octanol–water partition coefficient (Wildman–Crippen LogP) is 3.08. The van der Waals surface area contributed by atoms with Gasteiger partial charge in [0.1, 0.15) is 11.5 Å². The van der Waals surface area contributed by atoms with Crippen molar-refractivity contribution in [2.24, 2.45) is 4.99 Å². The zero-order valence-corrected chi connectivity index (χ0v) is 13.6. The summed E-state index contributed by atoms with van der Waals surface area (Å²) in [5.74, 6) is -1.25. The number of hydrogen-bond acceptors (Lipinski definition) is 4. The number of fused-ring (bicyclic) bond motifs is 1. The van der Waals surface area contributed by atoms with Crippen molar-refractivity contribution in [3.8, 4) is 11.5 Å². The molecule has 3 rings (SSSR count). The third-order valence-corrected chi connectivity index (χ3v) is 4.09. The van der Waals surface area contributed by atoms with Crippen LogP contribution in [0.3, 0.4) is 0 Å². The molecular formula is C19H18N2O4. The summed E-state index contributed by atoms with van der Waals surface area (Å²) in [5, 5.41) is 29.8. The Morgan fingerprint density at radius 3 is 2.68 bits per heavy atom. The third kappa shape index (κ3) is 3.47. The van der Waals surface area contributed by atoms with Gasteiger partial charge in [-0.3, -0.25) is 4.99 Å². The molecule has 1 atom stereocenters. The van der Waals surface area contributed by atoms with Crippen molar-refractivity contribution in [2.75, 3.05) is 0 Å². The molecule has 0 aliphatic heterocycles. The highest BCUT2D eigenvalue weighted by molar-refractivity contribution is 6.02. The van der Waals surface area contributed by atoms with Gasteiger partial charge in [-0.25, -0.2) is 4.79 Å². The second kappa shape index (κ2) is 6.68. The van der Waals surface area contributed by atoms with E-state index < -0.39 is 12.0 Å². The number of phenolic OH excluding ortho intramolecular Hbond substituents is 2. The van der Waals surface area contributed by atoms with E-state index in [1.807, 2.05) is 24.3 Å². The van der Waals surface area contributed by atoms with Crippen LogP contribution in [0.15, 0.2) is 53.7 Å². The van der Waals surface area contributed by atoms with Crippen molar-refractivity contribution in [3.05, 3.63) is 59.8 Å². The van der Waals surface area contributed by atoms with E-state index in [0.29, 0.717) is 11.3 Å². The Labute approximate surface area is 144 Å². The van der Waals surface area contributed by atoms with E-state index in [4.69, 9.17) is 0 Å². The fourth-order valence-corrected chi connectivity index (χ4v) is 2.83. The maximum atomic E-state index is 11.6. The molecule has 1 unspecified atom stereocenters. The lowest BCUT2D eigenvalue weighted by Crippen LogP contribution is -2.22. The number of rotatable bonds is 5. The van der Waals surface area contributed by atoms with E-state index in [1.54, 1.807) is 13.1 Å². The van der Waals surface area contributed by atoms with Gasteiger partial charge in [0.2, 0.25) is 0 Å². The Balaban J connectivity index is 1.92. The molecular weight excluding hydrogens is 320 g/mol. The molecule has 6 nitrogen and oxygen atoms in total. The Kier molecular flexibility index (Phi) is 4.43. The first-order chi connectivity index (χ1) is 12.0. The van der Waals surface area contributed by atoms with Crippen molar-refractivity contribution >= 4 is 22.6 Å². The first kappa shape index (κ1) is 16.6. The number of aromatic hydroxyl groups is 2. The van der Waals surface area contributed by atoms with Gasteiger partial charge in [0.05, 0.1) is 0 Å². The molecule has 4 N–H and O–H groups in total. The zero-order chi connectivity index (χ0) is 18.0. The molecule has 25 heavy (non-hydrogen) atoms. The van der Waals surface area contributed by atoms with E-state index in [-0.39, 0.29) is 17.9 Å². The largest absolute Gasteiger partial charge is 0.508 e. The minimum Gasteiger partial charge on any atom is -0.508 e. The van der Waals surface area contributed by atoms with Crippen LogP contribution in [0.4, 0.5) is 0 Å². The molecule has 0 bridgehead atoms. The Hall–Kier alpha value is -3.28. The van der Waals surface area contributed by atoms with Gasteiger partial charge in [-0.1, -0.05) is 18.2 Å². The van der Waals surface area contributed by atoms with Gasteiger partial charge in [-0.15, -0.1) is 0 Å². The summed E-state index contributed by atoms with van der Waals surface area (Å²) >= 11 is 0. The number of H-pyrrole nitrogens is 1. The lowest BCUT2D eigenvalue weighted by molar-refractivity contribution is -0.138. The number of benzene rings is 2. The number of aliphatic carboxylic acids is 1. The maximum absolute atomic E-state index is 11.6. The number of nitrogens with one attached hydrogen (secondary N) is 1. The second-order valence-corrected chi connectivity index (χ2v) is 5.83. The molecule has 0 saturated heterocycles. The first-order valence-corrected chi connectivity index (χ1v) is 7.80. The normalized spacial score (nSPS) is 13.1. The molecule has 0 fully saturated rings. The number of aliphatic imine (C=N–C) groups is 1. The van der Waals surface area contributed by atoms with Crippen molar-refractivity contribution in [3.63, 3.8) is 0 Å². The number of hydrogen-bond donors (Lipinski definition) is 4.